The molecule has 2 saturated heterocycles. The molecule has 3 aliphatic heterocycles. The molecule has 0 saturated carbocycles. The number of carbonyl (C=O) groups is 3. The van der Waals surface area contributed by atoms with Crippen LogP contribution in [0.5, 0.6) is 5.75 Å². The van der Waals surface area contributed by atoms with Gasteiger partial charge in [-0.25, -0.2) is 0 Å². The number of nitrogens with zero attached hydrogens (tertiary/aromatic N) is 2. The van der Waals surface area contributed by atoms with Gasteiger partial charge in [-0.15, -0.1) is 0 Å². The summed E-state index contributed by atoms with van der Waals surface area (Å²) in [5, 5.41) is 2.31. The van der Waals surface area contributed by atoms with E-state index in [2.05, 4.69) is 10.2 Å². The molecule has 2 unspecified atom stereocenters. The number of morpholine rings is 1. The molecule has 8 nitrogen and oxygen atoms in total. The smallest absolute Gasteiger partial charge is 0.255 e. The van der Waals surface area contributed by atoms with Crippen molar-refractivity contribution >= 4 is 65.5 Å². The largest absolute Gasteiger partial charge is 0.489 e. The first kappa shape index (κ1) is 25.7. The second kappa shape index (κ2) is 10.4. The predicted molar refractivity (Wildman–Crippen MR) is 140 cm³/mol. The first-order valence-corrected chi connectivity index (χ1v) is 12.2. The number of benzene rings is 2. The molecule has 8 radical (unpaired) electrons. The van der Waals surface area contributed by atoms with Crippen molar-refractivity contribution < 1.29 is 23.9 Å². The Morgan fingerprint density at radius 3 is 2.59 bits per heavy atom. The van der Waals surface area contributed by atoms with Crippen molar-refractivity contribution in [3.63, 3.8) is 0 Å². The lowest BCUT2D eigenvalue weighted by Gasteiger charge is -2.35. The average molecular weight is 489 g/mol. The van der Waals surface area contributed by atoms with Crippen LogP contribution in [-0.4, -0.2) is 91.3 Å². The molecule has 2 aromatic carbocycles. The lowest BCUT2D eigenvalue weighted by Crippen LogP contribution is -2.52. The molecule has 0 bridgehead atoms. The van der Waals surface area contributed by atoms with Crippen molar-refractivity contribution in [1.29, 1.82) is 0 Å². The minimum Gasteiger partial charge on any atom is -0.489 e. The zero-order chi connectivity index (χ0) is 26.3. The predicted octanol–water partition coefficient (Wildman–Crippen LogP) is -2.09. The van der Waals surface area contributed by atoms with Crippen LogP contribution in [0.25, 0.3) is 0 Å². The number of hydrogen-bond acceptors (Lipinski definition) is 6. The standard InChI is InChI=1S/C25H23B4N3O5/c26-17-10-14(23(29)31-6-8-36-9-7-31)21(27)22(28)16(17)12-37-19-3-1-2-13-15(19)11-32(25(13)35)18-4-5-20(33)30-24(18)34/h1-3,10,18,23H,4-9,11-12H2,(H,30,33,34). The molecule has 180 valence electrons. The summed E-state index contributed by atoms with van der Waals surface area (Å²) in [4.78, 5) is 40.5. The second-order valence-corrected chi connectivity index (χ2v) is 9.42. The summed E-state index contributed by atoms with van der Waals surface area (Å²) in [6.45, 7) is 2.76. The Hall–Kier alpha value is -2.97. The van der Waals surface area contributed by atoms with Gasteiger partial charge in [0.2, 0.25) is 11.8 Å². The minimum atomic E-state index is -0.709. The monoisotopic (exact) mass is 489 g/mol. The Morgan fingerprint density at radius 2 is 1.86 bits per heavy atom. The Kier molecular flexibility index (Phi) is 7.23. The fraction of sp³-hybridized carbons (Fsp3) is 0.400. The first-order chi connectivity index (χ1) is 17.8. The van der Waals surface area contributed by atoms with Gasteiger partial charge in [0.05, 0.1) is 27.6 Å². The van der Waals surface area contributed by atoms with Gasteiger partial charge in [-0.3, -0.25) is 19.7 Å². The number of ether oxygens (including phenoxy) is 2. The van der Waals surface area contributed by atoms with Gasteiger partial charge in [0, 0.05) is 30.6 Å². The molecule has 0 aliphatic carbocycles. The molecule has 3 heterocycles. The van der Waals surface area contributed by atoms with Crippen LogP contribution in [0.2, 0.25) is 0 Å². The van der Waals surface area contributed by atoms with E-state index in [4.69, 9.17) is 40.9 Å². The molecule has 5 rings (SSSR count). The molecule has 3 amide bonds. The summed E-state index contributed by atoms with van der Waals surface area (Å²) in [5.74, 6) is -1.07. The summed E-state index contributed by atoms with van der Waals surface area (Å²) in [5.41, 5.74) is 3.34. The van der Waals surface area contributed by atoms with Crippen LogP contribution in [0.4, 0.5) is 0 Å². The maximum Gasteiger partial charge on any atom is 0.255 e. The van der Waals surface area contributed by atoms with E-state index >= 15 is 0 Å². The maximum absolute atomic E-state index is 13.1. The molecular weight excluding hydrogens is 466 g/mol. The van der Waals surface area contributed by atoms with Crippen LogP contribution < -0.4 is 26.4 Å². The average Bonchev–Trinajstić information content (AvgIpc) is 3.23. The van der Waals surface area contributed by atoms with E-state index in [0.717, 1.165) is 0 Å². The van der Waals surface area contributed by atoms with Crippen LogP contribution in [0, 0.1) is 0 Å². The van der Waals surface area contributed by atoms with E-state index in [0.29, 0.717) is 70.7 Å². The van der Waals surface area contributed by atoms with Gasteiger partial charge in [0.1, 0.15) is 41.9 Å². The van der Waals surface area contributed by atoms with Gasteiger partial charge in [0.15, 0.2) is 0 Å². The van der Waals surface area contributed by atoms with Crippen molar-refractivity contribution in [2.24, 2.45) is 0 Å². The minimum absolute atomic E-state index is 0.0258. The highest BCUT2D eigenvalue weighted by Crippen LogP contribution is 2.33. The Bertz CT molecular complexity index is 1270. The van der Waals surface area contributed by atoms with Crippen LogP contribution >= 0.6 is 0 Å². The summed E-state index contributed by atoms with van der Waals surface area (Å²) >= 11 is 0. The normalized spacial score (nSPS) is 21.0. The van der Waals surface area contributed by atoms with Crippen LogP contribution in [0.15, 0.2) is 24.3 Å². The molecule has 2 fully saturated rings. The van der Waals surface area contributed by atoms with Gasteiger partial charge in [-0.1, -0.05) is 28.5 Å². The molecule has 2 aromatic rings. The Labute approximate surface area is 221 Å². The third kappa shape index (κ3) is 4.84. The van der Waals surface area contributed by atoms with Gasteiger partial charge in [0.25, 0.3) is 5.91 Å². The number of hydrogen-bond donors (Lipinski definition) is 1. The van der Waals surface area contributed by atoms with Crippen LogP contribution in [-0.2, 0) is 27.5 Å². The highest BCUT2D eigenvalue weighted by atomic mass is 16.5. The van der Waals surface area contributed by atoms with Crippen LogP contribution in [0.3, 0.4) is 0 Å². The third-order valence-corrected chi connectivity index (χ3v) is 7.25. The summed E-state index contributed by atoms with van der Waals surface area (Å²) in [6, 6.07) is 6.18. The molecule has 3 aliphatic rings. The zero-order valence-corrected chi connectivity index (χ0v) is 20.4. The van der Waals surface area contributed by atoms with Gasteiger partial charge in [-0.05, 0) is 35.6 Å². The Morgan fingerprint density at radius 1 is 1.11 bits per heavy atom. The highest BCUT2D eigenvalue weighted by molar-refractivity contribution is 6.52. The molecule has 12 heteroatoms. The number of imide groups is 1. The van der Waals surface area contributed by atoms with E-state index in [9.17, 15) is 14.4 Å². The summed E-state index contributed by atoms with van der Waals surface area (Å²) in [6.07, 6.45) is 0.469. The van der Waals surface area contributed by atoms with Gasteiger partial charge < -0.3 is 19.3 Å². The lowest BCUT2D eigenvalue weighted by molar-refractivity contribution is -0.136. The third-order valence-electron chi connectivity index (χ3n) is 7.25. The van der Waals surface area contributed by atoms with E-state index in [-0.39, 0.29) is 37.8 Å². The van der Waals surface area contributed by atoms with Crippen molar-refractivity contribution in [3.05, 3.63) is 46.5 Å². The SMILES string of the molecule is [B]c1cc(C([B])N2CCOCC2)c([B])c([B])c1COc1cccc2c1CN(C1CCC(=O)NC1=O)C2=O. The van der Waals surface area contributed by atoms with Crippen molar-refractivity contribution in [1.82, 2.24) is 15.1 Å². The Balaban J connectivity index is 1.34. The zero-order valence-electron chi connectivity index (χ0n) is 20.4. The molecule has 1 N–H and O–H groups in total. The van der Waals surface area contributed by atoms with Crippen molar-refractivity contribution in [2.75, 3.05) is 26.3 Å². The van der Waals surface area contributed by atoms with Gasteiger partial charge in [-0.2, -0.15) is 0 Å². The summed E-state index contributed by atoms with van der Waals surface area (Å²) < 4.78 is 11.5. The lowest BCUT2D eigenvalue weighted by atomic mass is 9.67. The quantitative estimate of drug-likeness (QED) is 0.371. The highest BCUT2D eigenvalue weighted by Gasteiger charge is 2.40. The molecule has 0 aromatic heterocycles. The van der Waals surface area contributed by atoms with Gasteiger partial charge >= 0.3 is 0 Å². The molecule has 2 atom stereocenters. The number of carbonyl (C=O) groups excluding carboxylic acids is 3. The van der Waals surface area contributed by atoms with Crippen molar-refractivity contribution in [3.8, 4) is 5.75 Å². The second-order valence-electron chi connectivity index (χ2n) is 9.42. The topological polar surface area (TPSA) is 88.2 Å². The van der Waals surface area contributed by atoms with E-state index in [1.807, 2.05) is 0 Å². The van der Waals surface area contributed by atoms with Crippen molar-refractivity contribution in [2.45, 2.75) is 38.0 Å². The number of rotatable bonds is 6. The summed E-state index contributed by atoms with van der Waals surface area (Å²) in [7, 11) is 25.6. The number of piperidine rings is 1. The number of fused-ring (bicyclic) bond motifs is 1. The number of amides is 3. The molecule has 37 heavy (non-hydrogen) atoms. The first-order valence-electron chi connectivity index (χ1n) is 12.2. The van der Waals surface area contributed by atoms with E-state index in [1.54, 1.807) is 24.3 Å². The fourth-order valence-corrected chi connectivity index (χ4v) is 5.11. The maximum atomic E-state index is 13.1. The van der Waals surface area contributed by atoms with E-state index < -0.39 is 17.9 Å². The van der Waals surface area contributed by atoms with E-state index in [1.165, 1.54) is 4.90 Å². The molecular formula is C25H23B4N3O5. The fourth-order valence-electron chi connectivity index (χ4n) is 5.11. The van der Waals surface area contributed by atoms with Crippen LogP contribution in [0.1, 0.15) is 45.8 Å². The molecule has 0 spiro atoms. The number of nitrogens with one attached hydrogen (secondary N) is 1.